The molecule has 0 unspecified atom stereocenters. The molecule has 98 valence electrons. The number of carbonyl (C=O) groups excluding carboxylic acids is 1. The van der Waals surface area contributed by atoms with Crippen molar-refractivity contribution in [3.8, 4) is 0 Å². The molecule has 2 aromatic rings. The Kier molecular flexibility index (Phi) is 2.94. The molecule has 0 aliphatic carbocycles. The number of aromatic nitrogens is 2. The number of anilines is 2. The highest BCUT2D eigenvalue weighted by atomic mass is 32.1. The fraction of sp³-hybridized carbons (Fsp3) is 0.308. The molecule has 0 atom stereocenters. The number of hydrogen-bond acceptors (Lipinski definition) is 5. The number of nitrogens with two attached hydrogens (primary N) is 1. The lowest BCUT2D eigenvalue weighted by atomic mass is 10.1. The fourth-order valence-corrected chi connectivity index (χ4v) is 3.10. The first-order valence-corrected chi connectivity index (χ1v) is 7.00. The van der Waals surface area contributed by atoms with E-state index in [1.165, 1.54) is 0 Å². The van der Waals surface area contributed by atoms with Crippen LogP contribution in [-0.2, 0) is 12.8 Å². The lowest BCUT2D eigenvalue weighted by Crippen LogP contribution is -2.28. The van der Waals surface area contributed by atoms with Gasteiger partial charge in [0.05, 0.1) is 5.69 Å². The van der Waals surface area contributed by atoms with Gasteiger partial charge >= 0.3 is 0 Å². The number of nitrogen functional groups attached to an aromatic ring is 1. The van der Waals surface area contributed by atoms with Crippen LogP contribution in [0.1, 0.15) is 27.9 Å². The molecule has 2 N–H and O–H groups in total. The molecule has 0 fully saturated rings. The van der Waals surface area contributed by atoms with E-state index in [1.807, 2.05) is 25.1 Å². The van der Waals surface area contributed by atoms with Gasteiger partial charge in [-0.25, -0.2) is 0 Å². The number of aryl methyl sites for hydroxylation is 1. The summed E-state index contributed by atoms with van der Waals surface area (Å²) in [6.07, 6.45) is 1.52. The topological polar surface area (TPSA) is 72.1 Å². The summed E-state index contributed by atoms with van der Waals surface area (Å²) in [5, 5.41) is 4.00. The Morgan fingerprint density at radius 3 is 3.16 bits per heavy atom. The van der Waals surface area contributed by atoms with Gasteiger partial charge in [0.1, 0.15) is 4.88 Å². The third-order valence-corrected chi connectivity index (χ3v) is 4.15. The highest BCUT2D eigenvalue weighted by Gasteiger charge is 2.29. The van der Waals surface area contributed by atoms with E-state index in [4.69, 9.17) is 5.73 Å². The van der Waals surface area contributed by atoms with Crippen molar-refractivity contribution < 1.29 is 4.79 Å². The normalized spacial score (nSPS) is 13.6. The molecule has 1 amide bonds. The van der Waals surface area contributed by atoms with E-state index in [0.29, 0.717) is 11.4 Å². The highest BCUT2D eigenvalue weighted by molar-refractivity contribution is 7.08. The third-order valence-electron chi connectivity index (χ3n) is 3.39. The SMILES string of the molecule is CCc1nnsc1C(=O)N1CCc2c(N)cccc21. The molecule has 0 radical (unpaired) electrons. The number of rotatable bonds is 2. The lowest BCUT2D eigenvalue weighted by molar-refractivity contribution is 0.0992. The van der Waals surface area contributed by atoms with Gasteiger partial charge in [0, 0.05) is 23.5 Å². The van der Waals surface area contributed by atoms with Crippen LogP contribution in [0.4, 0.5) is 11.4 Å². The Morgan fingerprint density at radius 2 is 2.37 bits per heavy atom. The van der Waals surface area contributed by atoms with E-state index in [1.54, 1.807) is 4.90 Å². The Balaban J connectivity index is 1.98. The van der Waals surface area contributed by atoms with Crippen molar-refractivity contribution in [3.63, 3.8) is 0 Å². The molecule has 0 saturated heterocycles. The number of amides is 1. The number of carbonyl (C=O) groups is 1. The van der Waals surface area contributed by atoms with Crippen molar-refractivity contribution in [2.75, 3.05) is 17.2 Å². The van der Waals surface area contributed by atoms with Gasteiger partial charge in [-0.2, -0.15) is 0 Å². The summed E-state index contributed by atoms with van der Waals surface area (Å²) in [6.45, 7) is 2.65. The predicted octanol–water partition coefficient (Wildman–Crippen LogP) is 1.89. The van der Waals surface area contributed by atoms with Crippen LogP contribution < -0.4 is 10.6 Å². The molecule has 5 nitrogen and oxygen atoms in total. The zero-order chi connectivity index (χ0) is 13.4. The maximum Gasteiger partial charge on any atom is 0.271 e. The zero-order valence-electron chi connectivity index (χ0n) is 10.6. The van der Waals surface area contributed by atoms with Gasteiger partial charge < -0.3 is 10.6 Å². The number of benzene rings is 1. The van der Waals surface area contributed by atoms with Crippen molar-refractivity contribution in [1.29, 1.82) is 0 Å². The summed E-state index contributed by atoms with van der Waals surface area (Å²) < 4.78 is 3.88. The van der Waals surface area contributed by atoms with Gasteiger partial charge in [0.25, 0.3) is 5.91 Å². The molecule has 0 saturated carbocycles. The molecule has 1 aromatic heterocycles. The van der Waals surface area contributed by atoms with E-state index in [-0.39, 0.29) is 5.91 Å². The first-order chi connectivity index (χ1) is 9.22. The first-order valence-electron chi connectivity index (χ1n) is 6.22. The molecule has 3 rings (SSSR count). The van der Waals surface area contributed by atoms with Crippen LogP contribution in [0.25, 0.3) is 0 Å². The van der Waals surface area contributed by atoms with E-state index in [2.05, 4.69) is 9.59 Å². The first kappa shape index (κ1) is 12.1. The number of nitrogens with zero attached hydrogens (tertiary/aromatic N) is 3. The molecular weight excluding hydrogens is 260 g/mol. The monoisotopic (exact) mass is 274 g/mol. The van der Waals surface area contributed by atoms with Crippen molar-refractivity contribution in [2.24, 2.45) is 0 Å². The molecular formula is C13H14N4OS. The second-order valence-corrected chi connectivity index (χ2v) is 5.21. The van der Waals surface area contributed by atoms with Crippen LogP contribution in [0.3, 0.4) is 0 Å². The fourth-order valence-electron chi connectivity index (χ4n) is 2.40. The van der Waals surface area contributed by atoms with Gasteiger partial charge in [-0.3, -0.25) is 4.79 Å². The van der Waals surface area contributed by atoms with Gasteiger partial charge in [0.15, 0.2) is 0 Å². The minimum Gasteiger partial charge on any atom is -0.398 e. The largest absolute Gasteiger partial charge is 0.398 e. The average Bonchev–Trinajstić information content (AvgIpc) is 3.05. The summed E-state index contributed by atoms with van der Waals surface area (Å²) in [6, 6.07) is 5.70. The van der Waals surface area contributed by atoms with E-state index < -0.39 is 0 Å². The van der Waals surface area contributed by atoms with Gasteiger partial charge in [-0.1, -0.05) is 17.5 Å². The van der Waals surface area contributed by atoms with E-state index >= 15 is 0 Å². The summed E-state index contributed by atoms with van der Waals surface area (Å²) in [4.78, 5) is 15.0. The minimum absolute atomic E-state index is 0.0174. The Labute approximate surface area is 115 Å². The number of hydrogen-bond donors (Lipinski definition) is 1. The molecule has 2 heterocycles. The van der Waals surface area contributed by atoms with Crippen molar-refractivity contribution in [3.05, 3.63) is 34.3 Å². The van der Waals surface area contributed by atoms with Crippen LogP contribution >= 0.6 is 11.5 Å². The Hall–Kier alpha value is -1.95. The summed E-state index contributed by atoms with van der Waals surface area (Å²) in [7, 11) is 0. The van der Waals surface area contributed by atoms with Crippen LogP contribution in [0.2, 0.25) is 0 Å². The third kappa shape index (κ3) is 1.88. The van der Waals surface area contributed by atoms with E-state index in [0.717, 1.165) is 47.0 Å². The summed E-state index contributed by atoms with van der Waals surface area (Å²) in [5.41, 5.74) is 9.45. The second-order valence-electron chi connectivity index (χ2n) is 4.45. The van der Waals surface area contributed by atoms with Crippen molar-refractivity contribution >= 4 is 28.8 Å². The lowest BCUT2D eigenvalue weighted by Gasteiger charge is -2.16. The van der Waals surface area contributed by atoms with Crippen LogP contribution in [0, 0.1) is 0 Å². The number of fused-ring (bicyclic) bond motifs is 1. The second kappa shape index (κ2) is 4.62. The average molecular weight is 274 g/mol. The Morgan fingerprint density at radius 1 is 1.53 bits per heavy atom. The quantitative estimate of drug-likeness (QED) is 0.849. The maximum absolute atomic E-state index is 12.6. The highest BCUT2D eigenvalue weighted by Crippen LogP contribution is 2.33. The molecule has 0 spiro atoms. The van der Waals surface area contributed by atoms with Crippen LogP contribution in [0.15, 0.2) is 18.2 Å². The smallest absolute Gasteiger partial charge is 0.271 e. The Bertz CT molecular complexity index is 637. The van der Waals surface area contributed by atoms with Crippen LogP contribution in [-0.4, -0.2) is 22.0 Å². The van der Waals surface area contributed by atoms with Gasteiger partial charge in [0.2, 0.25) is 0 Å². The molecule has 1 aromatic carbocycles. The molecule has 6 heteroatoms. The standard InChI is InChI=1S/C13H14N4OS/c1-2-10-12(19-16-15-10)13(18)17-7-6-8-9(14)4-3-5-11(8)17/h3-5H,2,6-7,14H2,1H3. The molecule has 19 heavy (non-hydrogen) atoms. The minimum atomic E-state index is -0.0174. The van der Waals surface area contributed by atoms with Crippen LogP contribution in [0.5, 0.6) is 0 Å². The van der Waals surface area contributed by atoms with Gasteiger partial charge in [-0.05, 0) is 36.5 Å². The predicted molar refractivity (Wildman–Crippen MR) is 75.5 cm³/mol. The van der Waals surface area contributed by atoms with E-state index in [9.17, 15) is 4.79 Å². The van der Waals surface area contributed by atoms with Crippen molar-refractivity contribution in [1.82, 2.24) is 9.59 Å². The molecule has 0 bridgehead atoms. The molecule has 1 aliphatic rings. The molecule has 1 aliphatic heterocycles. The van der Waals surface area contributed by atoms with Gasteiger partial charge in [-0.15, -0.1) is 5.10 Å². The summed E-state index contributed by atoms with van der Waals surface area (Å²) >= 11 is 1.16. The maximum atomic E-state index is 12.6. The van der Waals surface area contributed by atoms with Crippen molar-refractivity contribution in [2.45, 2.75) is 19.8 Å². The summed E-state index contributed by atoms with van der Waals surface area (Å²) in [5.74, 6) is -0.0174. The zero-order valence-corrected chi connectivity index (χ0v) is 11.4.